The first-order valence-electron chi connectivity index (χ1n) is 14.3. The lowest BCUT2D eigenvalue weighted by Gasteiger charge is -2.42. The van der Waals surface area contributed by atoms with Gasteiger partial charge in [0.25, 0.3) is 5.91 Å². The van der Waals surface area contributed by atoms with Crippen LogP contribution in [0.3, 0.4) is 0 Å². The van der Waals surface area contributed by atoms with Crippen LogP contribution >= 0.6 is 0 Å². The van der Waals surface area contributed by atoms with Crippen molar-refractivity contribution in [2.75, 3.05) is 33.2 Å². The number of carbonyl (C=O) groups excluding carboxylic acids is 5. The van der Waals surface area contributed by atoms with E-state index in [1.165, 1.54) is 13.0 Å². The van der Waals surface area contributed by atoms with Gasteiger partial charge < -0.3 is 29.7 Å². The molecule has 4 rings (SSSR count). The number of Topliss-reactive ketones (excluding diaryl/α,β-unsaturated/α-hetero) is 2. The molecule has 0 aromatic rings. The van der Waals surface area contributed by atoms with Crippen LogP contribution in [0.4, 0.5) is 4.79 Å². The first-order chi connectivity index (χ1) is 19.7. The molecule has 4 aliphatic rings. The highest BCUT2D eigenvalue weighted by Gasteiger charge is 2.56. The number of ketones is 2. The molecule has 2 bridgehead atoms. The zero-order valence-electron chi connectivity index (χ0n) is 25.3. The number of piperazine rings is 1. The van der Waals surface area contributed by atoms with Gasteiger partial charge in [0.2, 0.25) is 5.78 Å². The summed E-state index contributed by atoms with van der Waals surface area (Å²) in [5, 5.41) is 13.2. The molecule has 6 unspecified atom stereocenters. The van der Waals surface area contributed by atoms with Gasteiger partial charge in [-0.2, -0.15) is 0 Å². The van der Waals surface area contributed by atoms with E-state index in [4.69, 9.17) is 9.47 Å². The van der Waals surface area contributed by atoms with E-state index in [1.54, 1.807) is 43.1 Å². The van der Waals surface area contributed by atoms with E-state index in [0.29, 0.717) is 25.1 Å². The summed E-state index contributed by atoms with van der Waals surface area (Å²) in [4.78, 5) is 68.1. The van der Waals surface area contributed by atoms with Crippen molar-refractivity contribution in [3.05, 3.63) is 47.6 Å². The maximum Gasteiger partial charge on any atom is 0.410 e. The third kappa shape index (κ3) is 8.04. The highest BCUT2D eigenvalue weighted by molar-refractivity contribution is 6.35. The van der Waals surface area contributed by atoms with E-state index in [9.17, 15) is 29.1 Å². The Morgan fingerprint density at radius 2 is 1.71 bits per heavy atom. The molecular weight excluding hydrogens is 542 g/mol. The third-order valence-corrected chi connectivity index (χ3v) is 8.14. The highest BCUT2D eigenvalue weighted by atomic mass is 16.6. The number of fused-ring (bicyclic) bond motifs is 10. The molecule has 0 aromatic heterocycles. The van der Waals surface area contributed by atoms with Gasteiger partial charge in [-0.1, -0.05) is 48.5 Å². The molecule has 2 saturated heterocycles. The average molecular weight is 586 g/mol. The van der Waals surface area contributed by atoms with Crippen LogP contribution in [-0.4, -0.2) is 102 Å². The van der Waals surface area contributed by atoms with Crippen molar-refractivity contribution in [2.24, 2.45) is 11.3 Å². The smallest absolute Gasteiger partial charge is 0.410 e. The molecule has 0 aromatic carbocycles. The van der Waals surface area contributed by atoms with Gasteiger partial charge in [-0.25, -0.2) is 4.79 Å². The third-order valence-electron chi connectivity index (χ3n) is 8.14. The van der Waals surface area contributed by atoms with Gasteiger partial charge in [0, 0.05) is 45.9 Å². The summed E-state index contributed by atoms with van der Waals surface area (Å²) in [6.45, 7) is 10.3. The molecule has 0 radical (unpaired) electrons. The summed E-state index contributed by atoms with van der Waals surface area (Å²) >= 11 is 0. The van der Waals surface area contributed by atoms with Gasteiger partial charge in [0.15, 0.2) is 5.78 Å². The quantitative estimate of drug-likeness (QED) is 0.289. The minimum atomic E-state index is -1.82. The van der Waals surface area contributed by atoms with Crippen LogP contribution in [0.15, 0.2) is 47.6 Å². The van der Waals surface area contributed by atoms with Crippen LogP contribution in [0.2, 0.25) is 0 Å². The van der Waals surface area contributed by atoms with Crippen molar-refractivity contribution in [3.63, 3.8) is 0 Å². The topological polar surface area (TPSA) is 143 Å². The second-order valence-corrected chi connectivity index (χ2v) is 11.6. The van der Waals surface area contributed by atoms with Crippen molar-refractivity contribution in [1.29, 1.82) is 0 Å². The molecule has 0 saturated carbocycles. The Bertz CT molecular complexity index is 1200. The number of esters is 1. The summed E-state index contributed by atoms with van der Waals surface area (Å²) in [5.74, 6) is -3.83. The fraction of sp³-hybridized carbons (Fsp3) is 0.581. The van der Waals surface area contributed by atoms with E-state index in [2.05, 4.69) is 10.2 Å². The molecule has 11 heteroatoms. The number of nitrogens with one attached hydrogen (secondary N) is 1. The summed E-state index contributed by atoms with van der Waals surface area (Å²) < 4.78 is 11.5. The summed E-state index contributed by atoms with van der Waals surface area (Å²) in [6.07, 6.45) is 7.51. The number of rotatable bonds is 3. The van der Waals surface area contributed by atoms with Crippen molar-refractivity contribution < 1.29 is 38.6 Å². The fourth-order valence-corrected chi connectivity index (χ4v) is 5.12. The van der Waals surface area contributed by atoms with E-state index in [0.717, 1.165) is 25.6 Å². The van der Waals surface area contributed by atoms with Crippen molar-refractivity contribution in [3.8, 4) is 0 Å². The van der Waals surface area contributed by atoms with Crippen molar-refractivity contribution in [2.45, 2.75) is 71.8 Å². The number of likely N-dealkylation sites (N-methyl/N-ethyl adjacent to an activating group) is 1. The average Bonchev–Trinajstić information content (AvgIpc) is 2.94. The van der Waals surface area contributed by atoms with Crippen LogP contribution in [0.25, 0.3) is 0 Å². The van der Waals surface area contributed by atoms with E-state index < -0.39 is 65.2 Å². The van der Waals surface area contributed by atoms with E-state index in [-0.39, 0.29) is 6.42 Å². The molecule has 3 heterocycles. The summed E-state index contributed by atoms with van der Waals surface area (Å²) in [6, 6.07) is -1.20. The lowest BCUT2D eigenvalue weighted by Crippen LogP contribution is -2.61. The van der Waals surface area contributed by atoms with Crippen molar-refractivity contribution in [1.82, 2.24) is 15.1 Å². The highest BCUT2D eigenvalue weighted by Crippen LogP contribution is 2.38. The van der Waals surface area contributed by atoms with E-state index >= 15 is 0 Å². The zero-order chi connectivity index (χ0) is 31.2. The number of aliphatic hydroxyl groups excluding tert-OH is 1. The number of aliphatic hydroxyl groups is 1. The summed E-state index contributed by atoms with van der Waals surface area (Å²) in [5.41, 5.74) is -0.443. The van der Waals surface area contributed by atoms with Crippen LogP contribution in [0, 0.1) is 11.3 Å². The number of hydrogen-bond donors (Lipinski definition) is 2. The normalized spacial score (nSPS) is 31.5. The Labute approximate surface area is 247 Å². The maximum atomic E-state index is 13.7. The molecule has 3 aliphatic heterocycles. The number of carbonyl (C=O) groups is 5. The minimum absolute atomic E-state index is 0.00463. The van der Waals surface area contributed by atoms with Gasteiger partial charge in [-0.15, -0.1) is 0 Å². The van der Waals surface area contributed by atoms with E-state index in [1.807, 2.05) is 20.0 Å². The fourth-order valence-electron chi connectivity index (χ4n) is 5.12. The monoisotopic (exact) mass is 585 g/mol. The molecule has 2 N–H and O–H groups in total. The predicted octanol–water partition coefficient (Wildman–Crippen LogP) is 2.11. The van der Waals surface area contributed by atoms with Gasteiger partial charge in [-0.05, 0) is 33.9 Å². The number of ether oxygens (including phenoxy) is 2. The van der Waals surface area contributed by atoms with Crippen molar-refractivity contribution >= 4 is 29.5 Å². The first-order valence-corrected chi connectivity index (χ1v) is 14.3. The first kappa shape index (κ1) is 32.9. The Morgan fingerprint density at radius 1 is 1.07 bits per heavy atom. The zero-order valence-corrected chi connectivity index (χ0v) is 25.3. The molecule has 230 valence electrons. The Morgan fingerprint density at radius 3 is 2.36 bits per heavy atom. The Balaban J connectivity index is 2.01. The Kier molecular flexibility index (Phi) is 11.0. The molecule has 6 atom stereocenters. The second kappa shape index (κ2) is 14.1. The number of hydrogen-bond acceptors (Lipinski definition) is 9. The maximum absolute atomic E-state index is 13.7. The van der Waals surface area contributed by atoms with Gasteiger partial charge in [-0.3, -0.25) is 19.2 Å². The van der Waals surface area contributed by atoms with Crippen LogP contribution in [0.5, 0.6) is 0 Å². The number of nitrogens with zero attached hydrogens (tertiary/aromatic N) is 2. The van der Waals surface area contributed by atoms with Gasteiger partial charge in [0.05, 0.1) is 18.1 Å². The number of allylic oxidation sites excluding steroid dienone is 4. The molecule has 2 amide bonds. The second-order valence-electron chi connectivity index (χ2n) is 11.6. The molecule has 42 heavy (non-hydrogen) atoms. The van der Waals surface area contributed by atoms with Gasteiger partial charge >= 0.3 is 12.1 Å². The van der Waals surface area contributed by atoms with Gasteiger partial charge in [0.1, 0.15) is 17.6 Å². The van der Waals surface area contributed by atoms with Crippen LogP contribution in [-0.2, 0) is 28.7 Å². The molecule has 11 nitrogen and oxygen atoms in total. The lowest BCUT2D eigenvalue weighted by atomic mass is 9.69. The lowest BCUT2D eigenvalue weighted by molar-refractivity contribution is -0.181. The number of amides is 2. The SMILES string of the molecule is CC(=O)C(=O)NC1C=C(C)C=CC(OC(=O)N2CCN(C)CC2)CC=C(C)C=CC(O)CC2OC(=O)C1(C)C(=O)C2C. The summed E-state index contributed by atoms with van der Waals surface area (Å²) in [7, 11) is 1.99. The van der Waals surface area contributed by atoms with Crippen LogP contribution in [0.1, 0.15) is 47.5 Å². The molecule has 0 spiro atoms. The minimum Gasteiger partial charge on any atom is -0.461 e. The predicted molar refractivity (Wildman–Crippen MR) is 155 cm³/mol. The molecule has 2 fully saturated rings. The largest absolute Gasteiger partial charge is 0.461 e. The standard InChI is InChI=1S/C31H43N3O8/c1-19-7-10-23(36)18-25-21(3)27(37)31(5,29(39)42-25)26(32-28(38)22(4)35)17-20(2)9-12-24(11-8-19)41-30(40)34-15-13-33(6)14-16-34/h7-10,12,17,21,23-26,36H,11,13-16,18H2,1-6H3,(H,32,38). The molecular formula is C31H43N3O8. The molecule has 1 aliphatic carbocycles. The Hall–Kier alpha value is -3.57. The van der Waals surface area contributed by atoms with Crippen LogP contribution < -0.4 is 5.32 Å².